The zero-order valence-corrected chi connectivity index (χ0v) is 11.5. The summed E-state index contributed by atoms with van der Waals surface area (Å²) in [6.45, 7) is 3.69. The van der Waals surface area contributed by atoms with Crippen LogP contribution < -0.4 is 5.73 Å². The molecule has 4 nitrogen and oxygen atoms in total. The fourth-order valence-corrected chi connectivity index (χ4v) is 2.67. The van der Waals surface area contributed by atoms with Crippen molar-refractivity contribution in [2.75, 3.05) is 0 Å². The topological polar surface area (TPSA) is 72.5 Å². The Kier molecular flexibility index (Phi) is 5.47. The minimum Gasteiger partial charge on any atom is -0.326 e. The molecule has 1 aromatic rings. The summed E-state index contributed by atoms with van der Waals surface area (Å²) in [5.41, 5.74) is 6.09. The Morgan fingerprint density at radius 2 is 2.00 bits per heavy atom. The average molecular weight is 275 g/mol. The van der Waals surface area contributed by atoms with Crippen LogP contribution in [0.1, 0.15) is 32.3 Å². The maximum absolute atomic E-state index is 12.9. The molecule has 6 heteroatoms. The molecule has 3 N–H and O–H groups in total. The summed E-state index contributed by atoms with van der Waals surface area (Å²) in [6.07, 6.45) is 0.440. The molecule has 0 saturated carbocycles. The van der Waals surface area contributed by atoms with Crippen molar-refractivity contribution in [2.45, 2.75) is 38.3 Å². The zero-order chi connectivity index (χ0) is 13.8. The van der Waals surface area contributed by atoms with E-state index in [1.165, 1.54) is 12.1 Å². The van der Waals surface area contributed by atoms with Crippen molar-refractivity contribution >= 4 is 8.25 Å². The lowest BCUT2D eigenvalue weighted by Gasteiger charge is -2.35. The van der Waals surface area contributed by atoms with E-state index in [4.69, 9.17) is 15.2 Å². The van der Waals surface area contributed by atoms with Crippen molar-refractivity contribution in [1.29, 1.82) is 0 Å². The van der Waals surface area contributed by atoms with Gasteiger partial charge in [-0.25, -0.2) is 4.39 Å². The van der Waals surface area contributed by atoms with Crippen molar-refractivity contribution in [3.8, 4) is 0 Å². The van der Waals surface area contributed by atoms with Crippen molar-refractivity contribution in [3.05, 3.63) is 35.6 Å². The van der Waals surface area contributed by atoms with E-state index in [0.717, 1.165) is 0 Å². The van der Waals surface area contributed by atoms with E-state index in [9.17, 15) is 8.96 Å². The molecule has 3 unspecified atom stereocenters. The molecule has 0 spiro atoms. The summed E-state index contributed by atoms with van der Waals surface area (Å²) < 4.78 is 28.8. The number of benzene rings is 1. The first-order chi connectivity index (χ1) is 8.43. The predicted octanol–water partition coefficient (Wildman–Crippen LogP) is 2.57. The second kappa shape index (κ2) is 6.43. The van der Waals surface area contributed by atoms with Crippen LogP contribution in [0, 0.1) is 5.82 Å². The van der Waals surface area contributed by atoms with Gasteiger partial charge in [0, 0.05) is 0 Å². The highest BCUT2D eigenvalue weighted by molar-refractivity contribution is 7.32. The second-order valence-electron chi connectivity index (χ2n) is 4.18. The van der Waals surface area contributed by atoms with E-state index in [1.54, 1.807) is 12.1 Å². The van der Waals surface area contributed by atoms with Crippen LogP contribution in [0.15, 0.2) is 24.3 Å². The van der Waals surface area contributed by atoms with Crippen LogP contribution in [0.4, 0.5) is 4.39 Å². The standard InChI is InChI=1S/C12H19FNO3P/c1-3-11(17-18(15)16)12(14,4-2)9-5-7-10(13)8-6-9/h5-8,11,18H,3-4,14H2,1-2H3,(H,15,16). The molecule has 0 amide bonds. The van der Waals surface area contributed by atoms with Gasteiger partial charge in [-0.1, -0.05) is 26.0 Å². The maximum Gasteiger partial charge on any atom is 0.316 e. The molecule has 1 rings (SSSR count). The molecule has 0 bridgehead atoms. The highest BCUT2D eigenvalue weighted by Gasteiger charge is 2.35. The summed E-state index contributed by atoms with van der Waals surface area (Å²) in [5.74, 6) is -0.345. The zero-order valence-electron chi connectivity index (χ0n) is 10.5. The highest BCUT2D eigenvalue weighted by Crippen LogP contribution is 2.34. The molecular weight excluding hydrogens is 256 g/mol. The molecule has 0 fully saturated rings. The molecule has 0 aliphatic heterocycles. The molecule has 0 radical (unpaired) electrons. The third-order valence-corrected chi connectivity index (χ3v) is 3.64. The molecule has 3 atom stereocenters. The van der Waals surface area contributed by atoms with E-state index in [1.807, 2.05) is 13.8 Å². The monoisotopic (exact) mass is 275 g/mol. The molecular formula is C12H19FNO3P. The minimum absolute atomic E-state index is 0.345. The lowest BCUT2D eigenvalue weighted by molar-refractivity contribution is 0.0948. The molecule has 0 aliphatic carbocycles. The quantitative estimate of drug-likeness (QED) is 0.783. The molecule has 102 valence electrons. The SMILES string of the molecule is CCC(O[PH](=O)O)C(N)(CC)c1ccc(F)cc1. The number of hydrogen-bond donors (Lipinski definition) is 2. The third-order valence-electron chi connectivity index (χ3n) is 3.16. The summed E-state index contributed by atoms with van der Waals surface area (Å²) >= 11 is 0. The largest absolute Gasteiger partial charge is 0.326 e. The number of halogens is 1. The van der Waals surface area contributed by atoms with E-state index >= 15 is 0 Å². The number of rotatable bonds is 6. The fourth-order valence-electron chi connectivity index (χ4n) is 2.05. The van der Waals surface area contributed by atoms with E-state index in [-0.39, 0.29) is 5.82 Å². The van der Waals surface area contributed by atoms with Crippen LogP contribution in [0.3, 0.4) is 0 Å². The van der Waals surface area contributed by atoms with Gasteiger partial charge in [0.1, 0.15) is 5.82 Å². The number of hydrogen-bond acceptors (Lipinski definition) is 3. The highest BCUT2D eigenvalue weighted by atomic mass is 31.1. The molecule has 1 aromatic carbocycles. The summed E-state index contributed by atoms with van der Waals surface area (Å²) in [7, 11) is -3.06. The first-order valence-electron chi connectivity index (χ1n) is 5.88. The smallest absolute Gasteiger partial charge is 0.316 e. The maximum atomic E-state index is 12.9. The van der Waals surface area contributed by atoms with Gasteiger partial charge in [0.05, 0.1) is 11.6 Å². The predicted molar refractivity (Wildman–Crippen MR) is 68.9 cm³/mol. The minimum atomic E-state index is -3.06. The van der Waals surface area contributed by atoms with Gasteiger partial charge in [0.25, 0.3) is 0 Å². The van der Waals surface area contributed by atoms with Crippen LogP contribution in [0.25, 0.3) is 0 Å². The molecule has 0 saturated heterocycles. The van der Waals surface area contributed by atoms with Crippen molar-refractivity contribution in [1.82, 2.24) is 0 Å². The van der Waals surface area contributed by atoms with Crippen molar-refractivity contribution in [3.63, 3.8) is 0 Å². The third kappa shape index (κ3) is 3.39. The van der Waals surface area contributed by atoms with Crippen LogP contribution in [-0.4, -0.2) is 11.0 Å². The lowest BCUT2D eigenvalue weighted by atomic mass is 9.82. The fraction of sp³-hybridized carbons (Fsp3) is 0.500. The Balaban J connectivity index is 3.09. The van der Waals surface area contributed by atoms with Gasteiger partial charge in [-0.05, 0) is 30.5 Å². The molecule has 0 aromatic heterocycles. The van der Waals surface area contributed by atoms with Gasteiger partial charge in [-0.3, -0.25) is 4.57 Å². The summed E-state index contributed by atoms with van der Waals surface area (Å²) in [4.78, 5) is 8.91. The molecule has 18 heavy (non-hydrogen) atoms. The summed E-state index contributed by atoms with van der Waals surface area (Å²) in [6, 6.07) is 5.81. The van der Waals surface area contributed by atoms with Gasteiger partial charge >= 0.3 is 8.25 Å². The number of nitrogens with two attached hydrogens (primary N) is 1. The first-order valence-corrected chi connectivity index (χ1v) is 7.14. The van der Waals surface area contributed by atoms with E-state index in [2.05, 4.69) is 0 Å². The van der Waals surface area contributed by atoms with Crippen LogP contribution >= 0.6 is 8.25 Å². The van der Waals surface area contributed by atoms with Gasteiger partial charge < -0.3 is 15.2 Å². The van der Waals surface area contributed by atoms with Crippen LogP contribution in [-0.2, 0) is 14.6 Å². The Hall–Kier alpha value is -0.740. The van der Waals surface area contributed by atoms with Crippen molar-refractivity contribution < 1.29 is 18.4 Å². The molecule has 0 aliphatic rings. The average Bonchev–Trinajstić information content (AvgIpc) is 2.35. The first kappa shape index (κ1) is 15.3. The summed E-state index contributed by atoms with van der Waals surface area (Å²) in [5, 5.41) is 0. The molecule has 0 heterocycles. The Labute approximate surface area is 107 Å². The Morgan fingerprint density at radius 3 is 2.39 bits per heavy atom. The Bertz CT molecular complexity index is 412. The van der Waals surface area contributed by atoms with Gasteiger partial charge in [-0.15, -0.1) is 0 Å². The van der Waals surface area contributed by atoms with Gasteiger partial charge in [-0.2, -0.15) is 0 Å². The van der Waals surface area contributed by atoms with Crippen molar-refractivity contribution in [2.24, 2.45) is 5.73 Å². The normalized spacial score (nSPS) is 18.1. The van der Waals surface area contributed by atoms with E-state index in [0.29, 0.717) is 18.4 Å². The van der Waals surface area contributed by atoms with Gasteiger partial charge in [0.15, 0.2) is 0 Å². The van der Waals surface area contributed by atoms with Gasteiger partial charge in [0.2, 0.25) is 0 Å². The van der Waals surface area contributed by atoms with Crippen LogP contribution in [0.5, 0.6) is 0 Å². The lowest BCUT2D eigenvalue weighted by Crippen LogP contribution is -2.47. The Morgan fingerprint density at radius 1 is 1.44 bits per heavy atom. The van der Waals surface area contributed by atoms with E-state index < -0.39 is 19.9 Å². The second-order valence-corrected chi connectivity index (χ2v) is 4.95. The van der Waals surface area contributed by atoms with Crippen LogP contribution in [0.2, 0.25) is 0 Å².